The molecule has 2 aromatic carbocycles. The van der Waals surface area contributed by atoms with Crippen molar-refractivity contribution in [2.24, 2.45) is 5.92 Å². The van der Waals surface area contributed by atoms with E-state index < -0.39 is 0 Å². The Bertz CT molecular complexity index is 628. The van der Waals surface area contributed by atoms with Crippen LogP contribution in [0.3, 0.4) is 0 Å². The Morgan fingerprint density at radius 3 is 2.43 bits per heavy atom. The quantitative estimate of drug-likeness (QED) is 0.826. The van der Waals surface area contributed by atoms with Crippen molar-refractivity contribution in [1.29, 1.82) is 0 Å². The summed E-state index contributed by atoms with van der Waals surface area (Å²) in [6.45, 7) is 3.37. The predicted molar refractivity (Wildman–Crippen MR) is 96.7 cm³/mol. The van der Waals surface area contributed by atoms with Crippen LogP contribution in [0.15, 0.2) is 54.6 Å². The summed E-state index contributed by atoms with van der Waals surface area (Å²) in [7, 11) is 3.89. The Kier molecular flexibility index (Phi) is 6.18. The van der Waals surface area contributed by atoms with Crippen LogP contribution < -0.4 is 15.5 Å². The number of hydrogen-bond donors (Lipinski definition) is 2. The zero-order chi connectivity index (χ0) is 16.7. The third-order valence-corrected chi connectivity index (χ3v) is 3.79. The van der Waals surface area contributed by atoms with Gasteiger partial charge in [0, 0.05) is 26.1 Å². The molecule has 2 rings (SSSR count). The summed E-state index contributed by atoms with van der Waals surface area (Å²) in [4.78, 5) is 14.4. The van der Waals surface area contributed by atoms with Crippen molar-refractivity contribution in [1.82, 2.24) is 5.32 Å². The van der Waals surface area contributed by atoms with E-state index in [1.807, 2.05) is 63.5 Å². The standard InChI is InChI=1S/C19H25N3O/c1-15(13-20-2)19(23)21-17-11-7-8-12-18(17)22(3)14-16-9-5-4-6-10-16/h4-12,15,20H,13-14H2,1-3H3,(H,21,23). The molecule has 0 aliphatic heterocycles. The summed E-state index contributed by atoms with van der Waals surface area (Å²) in [5, 5.41) is 6.07. The molecule has 0 saturated heterocycles. The van der Waals surface area contributed by atoms with Gasteiger partial charge >= 0.3 is 0 Å². The highest BCUT2D eigenvalue weighted by Gasteiger charge is 2.15. The molecule has 2 aromatic rings. The first-order valence-electron chi connectivity index (χ1n) is 7.91. The maximum Gasteiger partial charge on any atom is 0.228 e. The van der Waals surface area contributed by atoms with Crippen LogP contribution in [0.1, 0.15) is 12.5 Å². The smallest absolute Gasteiger partial charge is 0.228 e. The van der Waals surface area contributed by atoms with Crippen molar-refractivity contribution >= 4 is 17.3 Å². The molecule has 1 amide bonds. The van der Waals surface area contributed by atoms with Crippen LogP contribution in [0.25, 0.3) is 0 Å². The van der Waals surface area contributed by atoms with Gasteiger partial charge in [-0.1, -0.05) is 49.4 Å². The molecule has 0 aliphatic rings. The summed E-state index contributed by atoms with van der Waals surface area (Å²) >= 11 is 0. The monoisotopic (exact) mass is 311 g/mol. The number of anilines is 2. The average Bonchev–Trinajstić information content (AvgIpc) is 2.56. The van der Waals surface area contributed by atoms with Crippen molar-refractivity contribution < 1.29 is 4.79 Å². The van der Waals surface area contributed by atoms with Gasteiger partial charge in [-0.25, -0.2) is 0 Å². The first-order valence-corrected chi connectivity index (χ1v) is 7.91. The van der Waals surface area contributed by atoms with Gasteiger partial charge in [0.25, 0.3) is 0 Å². The van der Waals surface area contributed by atoms with Gasteiger partial charge in [-0.2, -0.15) is 0 Å². The molecule has 0 heterocycles. The fourth-order valence-electron chi connectivity index (χ4n) is 2.51. The summed E-state index contributed by atoms with van der Waals surface area (Å²) in [5.74, 6) is -0.0487. The lowest BCUT2D eigenvalue weighted by atomic mass is 10.1. The van der Waals surface area contributed by atoms with E-state index in [1.165, 1.54) is 5.56 Å². The SMILES string of the molecule is CNCC(C)C(=O)Nc1ccccc1N(C)Cc1ccccc1. The van der Waals surface area contributed by atoms with Crippen LogP contribution >= 0.6 is 0 Å². The highest BCUT2D eigenvalue weighted by atomic mass is 16.1. The van der Waals surface area contributed by atoms with Gasteiger partial charge < -0.3 is 15.5 Å². The molecule has 2 N–H and O–H groups in total. The maximum atomic E-state index is 12.3. The number of hydrogen-bond acceptors (Lipinski definition) is 3. The second-order valence-corrected chi connectivity index (χ2v) is 5.81. The Labute approximate surface area is 138 Å². The number of nitrogens with one attached hydrogen (secondary N) is 2. The molecule has 4 nitrogen and oxygen atoms in total. The molecule has 0 saturated carbocycles. The zero-order valence-corrected chi connectivity index (χ0v) is 14.0. The molecular formula is C19H25N3O. The van der Waals surface area contributed by atoms with Gasteiger partial charge in [0.05, 0.1) is 11.4 Å². The second kappa shape index (κ2) is 8.34. The topological polar surface area (TPSA) is 44.4 Å². The predicted octanol–water partition coefficient (Wildman–Crippen LogP) is 3.12. The molecule has 0 fully saturated rings. The third-order valence-electron chi connectivity index (χ3n) is 3.79. The Hall–Kier alpha value is -2.33. The molecule has 0 radical (unpaired) electrons. The molecule has 0 aromatic heterocycles. The van der Waals surface area contributed by atoms with Gasteiger partial charge in [-0.15, -0.1) is 0 Å². The highest BCUT2D eigenvalue weighted by Crippen LogP contribution is 2.26. The fraction of sp³-hybridized carbons (Fsp3) is 0.316. The number of amides is 1. The van der Waals surface area contributed by atoms with Crippen molar-refractivity contribution in [3.63, 3.8) is 0 Å². The highest BCUT2D eigenvalue weighted by molar-refractivity contribution is 5.95. The normalized spacial score (nSPS) is 11.8. The lowest BCUT2D eigenvalue weighted by Gasteiger charge is -2.23. The molecule has 1 atom stereocenters. The third kappa shape index (κ3) is 4.83. The molecule has 4 heteroatoms. The van der Waals surface area contributed by atoms with Crippen molar-refractivity contribution in [3.8, 4) is 0 Å². The lowest BCUT2D eigenvalue weighted by Crippen LogP contribution is -2.29. The Morgan fingerprint density at radius 2 is 1.74 bits per heavy atom. The first-order chi connectivity index (χ1) is 11.1. The number of benzene rings is 2. The van der Waals surface area contributed by atoms with Crippen LogP contribution in [-0.2, 0) is 11.3 Å². The van der Waals surface area contributed by atoms with Gasteiger partial charge in [0.2, 0.25) is 5.91 Å². The van der Waals surface area contributed by atoms with Crippen LogP contribution in [0.4, 0.5) is 11.4 Å². The minimum absolute atomic E-state index is 0.0277. The minimum atomic E-state index is -0.0764. The number of rotatable bonds is 7. The summed E-state index contributed by atoms with van der Waals surface area (Å²) in [5.41, 5.74) is 3.10. The molecule has 23 heavy (non-hydrogen) atoms. The van der Waals surface area contributed by atoms with E-state index >= 15 is 0 Å². The number of carbonyl (C=O) groups is 1. The largest absolute Gasteiger partial charge is 0.369 e. The summed E-state index contributed by atoms with van der Waals surface area (Å²) in [6.07, 6.45) is 0. The maximum absolute atomic E-state index is 12.3. The average molecular weight is 311 g/mol. The molecule has 122 valence electrons. The molecular weight excluding hydrogens is 286 g/mol. The van der Waals surface area contributed by atoms with Crippen molar-refractivity contribution in [2.75, 3.05) is 30.9 Å². The molecule has 0 bridgehead atoms. The van der Waals surface area contributed by atoms with Gasteiger partial charge in [0.15, 0.2) is 0 Å². The fourth-order valence-corrected chi connectivity index (χ4v) is 2.51. The number of carbonyl (C=O) groups excluding carboxylic acids is 1. The van der Waals surface area contributed by atoms with E-state index in [2.05, 4.69) is 27.7 Å². The summed E-state index contributed by atoms with van der Waals surface area (Å²) in [6, 6.07) is 18.2. The minimum Gasteiger partial charge on any atom is -0.369 e. The first kappa shape index (κ1) is 17.0. The van der Waals surface area contributed by atoms with Crippen LogP contribution in [0.5, 0.6) is 0 Å². The van der Waals surface area contributed by atoms with E-state index in [0.717, 1.165) is 17.9 Å². The zero-order valence-electron chi connectivity index (χ0n) is 14.0. The molecule has 1 unspecified atom stereocenters. The Balaban J connectivity index is 2.12. The van der Waals surface area contributed by atoms with Crippen molar-refractivity contribution in [3.05, 3.63) is 60.2 Å². The van der Waals surface area contributed by atoms with E-state index in [1.54, 1.807) is 0 Å². The van der Waals surface area contributed by atoms with E-state index in [0.29, 0.717) is 6.54 Å². The number of nitrogens with zero attached hydrogens (tertiary/aromatic N) is 1. The van der Waals surface area contributed by atoms with Crippen LogP contribution in [-0.4, -0.2) is 26.5 Å². The van der Waals surface area contributed by atoms with Crippen LogP contribution in [0.2, 0.25) is 0 Å². The number of para-hydroxylation sites is 2. The van der Waals surface area contributed by atoms with Crippen LogP contribution in [0, 0.1) is 5.92 Å². The van der Waals surface area contributed by atoms with Gasteiger partial charge in [-0.05, 0) is 24.7 Å². The van der Waals surface area contributed by atoms with Gasteiger partial charge in [0.1, 0.15) is 0 Å². The summed E-state index contributed by atoms with van der Waals surface area (Å²) < 4.78 is 0. The van der Waals surface area contributed by atoms with E-state index in [9.17, 15) is 4.79 Å². The van der Waals surface area contributed by atoms with Gasteiger partial charge in [-0.3, -0.25) is 4.79 Å². The second-order valence-electron chi connectivity index (χ2n) is 5.81. The Morgan fingerprint density at radius 1 is 1.09 bits per heavy atom. The van der Waals surface area contributed by atoms with E-state index in [-0.39, 0.29) is 11.8 Å². The van der Waals surface area contributed by atoms with E-state index in [4.69, 9.17) is 0 Å². The molecule has 0 aliphatic carbocycles. The van der Waals surface area contributed by atoms with Crippen molar-refractivity contribution in [2.45, 2.75) is 13.5 Å². The molecule has 0 spiro atoms. The lowest BCUT2D eigenvalue weighted by molar-refractivity contribution is -0.119.